The van der Waals surface area contributed by atoms with Crippen LogP contribution in [-0.4, -0.2) is 18.4 Å². The molecule has 0 aromatic carbocycles. The van der Waals surface area contributed by atoms with Gasteiger partial charge in [0.1, 0.15) is 5.54 Å². The topological polar surface area (TPSA) is 29.1 Å². The average Bonchev–Trinajstić information content (AvgIpc) is 2.31. The van der Waals surface area contributed by atoms with Crippen LogP contribution in [0.25, 0.3) is 0 Å². The summed E-state index contributed by atoms with van der Waals surface area (Å²) in [6, 6.07) is 0. The van der Waals surface area contributed by atoms with E-state index in [1.807, 2.05) is 7.05 Å². The Morgan fingerprint density at radius 3 is 2.62 bits per heavy atom. The van der Waals surface area contributed by atoms with Crippen molar-refractivity contribution in [2.24, 2.45) is 0 Å². The predicted octanol–water partition coefficient (Wildman–Crippen LogP) is 2.75. The summed E-state index contributed by atoms with van der Waals surface area (Å²) < 4.78 is 0. The van der Waals surface area contributed by atoms with E-state index < -0.39 is 0 Å². The van der Waals surface area contributed by atoms with Crippen molar-refractivity contribution < 1.29 is 4.79 Å². The highest BCUT2D eigenvalue weighted by Gasteiger charge is 2.42. The number of nitrogens with one attached hydrogen (secondary N) is 1. The number of likely N-dealkylation sites (N-methyl/N-ethyl adjacent to an activating group) is 1. The molecule has 0 aromatic heterocycles. The Balaban J connectivity index is 2.36. The lowest BCUT2D eigenvalue weighted by atomic mass is 9.71. The molecule has 2 nitrogen and oxygen atoms in total. The van der Waals surface area contributed by atoms with Gasteiger partial charge < -0.3 is 5.32 Å². The maximum atomic E-state index is 12.3. The minimum absolute atomic E-state index is 0.376. The van der Waals surface area contributed by atoms with E-state index in [1.54, 1.807) is 0 Å². The van der Waals surface area contributed by atoms with Gasteiger partial charge >= 0.3 is 0 Å². The molecule has 2 aliphatic carbocycles. The van der Waals surface area contributed by atoms with Crippen molar-refractivity contribution in [3.05, 3.63) is 23.3 Å². The van der Waals surface area contributed by atoms with Gasteiger partial charge in [0.15, 0.2) is 5.78 Å². The molecule has 2 heteroatoms. The zero-order chi connectivity index (χ0) is 11.6. The fraction of sp³-hybridized carbons (Fsp3) is 0.643. The lowest BCUT2D eigenvalue weighted by Crippen LogP contribution is -2.54. The first-order chi connectivity index (χ1) is 7.70. The van der Waals surface area contributed by atoms with Gasteiger partial charge in [-0.3, -0.25) is 4.79 Å². The third-order valence-electron chi connectivity index (χ3n) is 3.96. The first kappa shape index (κ1) is 11.6. The van der Waals surface area contributed by atoms with Crippen molar-refractivity contribution in [3.63, 3.8) is 0 Å². The Hall–Kier alpha value is -0.890. The SMILES string of the molecule is CNC1(C2=CCCC=C2C)CCCCC1=O. The first-order valence-corrected chi connectivity index (χ1v) is 6.31. The van der Waals surface area contributed by atoms with Crippen LogP contribution < -0.4 is 5.32 Å². The highest BCUT2D eigenvalue weighted by Crippen LogP contribution is 2.36. The number of Topliss-reactive ketones (excluding diaryl/α,β-unsaturated/α-hetero) is 1. The fourth-order valence-electron chi connectivity index (χ4n) is 3.02. The largest absolute Gasteiger partial charge is 0.304 e. The van der Waals surface area contributed by atoms with Gasteiger partial charge in [-0.15, -0.1) is 0 Å². The molecule has 1 fully saturated rings. The number of carbonyl (C=O) groups is 1. The second kappa shape index (κ2) is 4.54. The molecule has 0 aliphatic heterocycles. The highest BCUT2D eigenvalue weighted by atomic mass is 16.1. The summed E-state index contributed by atoms with van der Waals surface area (Å²) in [5.74, 6) is 0.377. The molecule has 1 unspecified atom stereocenters. The normalized spacial score (nSPS) is 31.0. The molecule has 1 atom stereocenters. The molecule has 0 aromatic rings. The molecule has 0 heterocycles. The van der Waals surface area contributed by atoms with Crippen LogP contribution in [0.2, 0.25) is 0 Å². The Kier molecular flexibility index (Phi) is 3.29. The summed E-state index contributed by atoms with van der Waals surface area (Å²) >= 11 is 0. The molecule has 1 N–H and O–H groups in total. The quantitative estimate of drug-likeness (QED) is 0.773. The monoisotopic (exact) mass is 219 g/mol. The van der Waals surface area contributed by atoms with Gasteiger partial charge in [-0.25, -0.2) is 0 Å². The molecular formula is C14H21NO. The smallest absolute Gasteiger partial charge is 0.157 e. The molecule has 0 radical (unpaired) electrons. The fourth-order valence-corrected chi connectivity index (χ4v) is 3.02. The summed E-state index contributed by atoms with van der Waals surface area (Å²) in [7, 11) is 1.92. The highest BCUT2D eigenvalue weighted by molar-refractivity contribution is 5.93. The van der Waals surface area contributed by atoms with Crippen molar-refractivity contribution in [2.75, 3.05) is 7.05 Å². The summed E-state index contributed by atoms with van der Waals surface area (Å²) in [4.78, 5) is 12.3. The van der Waals surface area contributed by atoms with E-state index in [0.29, 0.717) is 5.78 Å². The molecule has 2 aliphatic rings. The minimum atomic E-state index is -0.376. The second-order valence-corrected chi connectivity index (χ2v) is 4.87. The van der Waals surface area contributed by atoms with Gasteiger partial charge in [0.25, 0.3) is 0 Å². The van der Waals surface area contributed by atoms with Crippen molar-refractivity contribution in [3.8, 4) is 0 Å². The van der Waals surface area contributed by atoms with Crippen molar-refractivity contribution in [1.82, 2.24) is 5.32 Å². The number of hydrogen-bond acceptors (Lipinski definition) is 2. The van der Waals surface area contributed by atoms with Crippen LogP contribution in [0.15, 0.2) is 23.3 Å². The Morgan fingerprint density at radius 2 is 2.00 bits per heavy atom. The average molecular weight is 219 g/mol. The Labute approximate surface area is 97.8 Å². The first-order valence-electron chi connectivity index (χ1n) is 6.31. The minimum Gasteiger partial charge on any atom is -0.304 e. The van der Waals surface area contributed by atoms with Gasteiger partial charge in [0.05, 0.1) is 0 Å². The molecule has 88 valence electrons. The van der Waals surface area contributed by atoms with Crippen molar-refractivity contribution >= 4 is 5.78 Å². The van der Waals surface area contributed by atoms with Crippen LogP contribution >= 0.6 is 0 Å². The van der Waals surface area contributed by atoms with Crippen LogP contribution in [0.1, 0.15) is 45.4 Å². The third-order valence-corrected chi connectivity index (χ3v) is 3.96. The van der Waals surface area contributed by atoms with Crippen LogP contribution in [-0.2, 0) is 4.79 Å². The molecule has 0 bridgehead atoms. The van der Waals surface area contributed by atoms with Crippen molar-refractivity contribution in [1.29, 1.82) is 0 Å². The van der Waals surface area contributed by atoms with E-state index in [9.17, 15) is 4.79 Å². The third kappa shape index (κ3) is 1.75. The second-order valence-electron chi connectivity index (χ2n) is 4.87. The van der Waals surface area contributed by atoms with Gasteiger partial charge in [0.2, 0.25) is 0 Å². The van der Waals surface area contributed by atoms with Gasteiger partial charge in [-0.2, -0.15) is 0 Å². The van der Waals surface area contributed by atoms with E-state index in [4.69, 9.17) is 0 Å². The van der Waals surface area contributed by atoms with Gasteiger partial charge in [-0.1, -0.05) is 18.6 Å². The van der Waals surface area contributed by atoms with Crippen LogP contribution in [0.5, 0.6) is 0 Å². The number of allylic oxidation sites excluding steroid dienone is 2. The maximum Gasteiger partial charge on any atom is 0.157 e. The maximum absolute atomic E-state index is 12.3. The lowest BCUT2D eigenvalue weighted by molar-refractivity contribution is -0.125. The molecule has 16 heavy (non-hydrogen) atoms. The van der Waals surface area contributed by atoms with E-state index in [-0.39, 0.29) is 5.54 Å². The van der Waals surface area contributed by atoms with Crippen LogP contribution in [0.3, 0.4) is 0 Å². The van der Waals surface area contributed by atoms with Crippen LogP contribution in [0, 0.1) is 0 Å². The summed E-state index contributed by atoms with van der Waals surface area (Å²) in [5, 5.41) is 3.31. The summed E-state index contributed by atoms with van der Waals surface area (Å²) in [6.45, 7) is 2.13. The standard InChI is InChI=1S/C14H21NO/c1-11-7-3-4-8-12(11)14(15-2)10-6-5-9-13(14)16/h7-8,15H,3-6,9-10H2,1-2H3. The Bertz CT molecular complexity index is 354. The molecule has 0 amide bonds. The van der Waals surface area contributed by atoms with E-state index in [1.165, 1.54) is 11.1 Å². The number of hydrogen-bond donors (Lipinski definition) is 1. The lowest BCUT2D eigenvalue weighted by Gasteiger charge is -2.39. The zero-order valence-electron chi connectivity index (χ0n) is 10.3. The number of rotatable bonds is 2. The number of ketones is 1. The predicted molar refractivity (Wildman–Crippen MR) is 66.3 cm³/mol. The zero-order valence-corrected chi connectivity index (χ0v) is 10.3. The van der Waals surface area contributed by atoms with E-state index in [2.05, 4.69) is 24.4 Å². The van der Waals surface area contributed by atoms with E-state index >= 15 is 0 Å². The Morgan fingerprint density at radius 1 is 1.25 bits per heavy atom. The van der Waals surface area contributed by atoms with Crippen molar-refractivity contribution in [2.45, 2.75) is 51.0 Å². The molecule has 1 saturated carbocycles. The van der Waals surface area contributed by atoms with Gasteiger partial charge in [-0.05, 0) is 50.8 Å². The van der Waals surface area contributed by atoms with E-state index in [0.717, 1.165) is 38.5 Å². The number of carbonyl (C=O) groups excluding carboxylic acids is 1. The molecule has 2 rings (SSSR count). The molecular weight excluding hydrogens is 198 g/mol. The molecule has 0 spiro atoms. The molecule has 0 saturated heterocycles. The van der Waals surface area contributed by atoms with Gasteiger partial charge in [0, 0.05) is 6.42 Å². The van der Waals surface area contributed by atoms with Crippen LogP contribution in [0.4, 0.5) is 0 Å². The summed E-state index contributed by atoms with van der Waals surface area (Å²) in [5.41, 5.74) is 2.15. The summed E-state index contributed by atoms with van der Waals surface area (Å²) in [6.07, 6.45) is 10.6.